The minimum absolute atomic E-state index is 0.254. The van der Waals surface area contributed by atoms with Crippen molar-refractivity contribution in [2.24, 2.45) is 0 Å². The van der Waals surface area contributed by atoms with Crippen LogP contribution < -0.4 is 15.4 Å². The third-order valence-corrected chi connectivity index (χ3v) is 3.92. The van der Waals surface area contributed by atoms with Gasteiger partial charge in [0, 0.05) is 30.9 Å². The molecule has 2 heterocycles. The van der Waals surface area contributed by atoms with Gasteiger partial charge >= 0.3 is 0 Å². The molecular weight excluding hydrogens is 262 g/mol. The lowest BCUT2D eigenvalue weighted by Gasteiger charge is -2.21. The highest BCUT2D eigenvalue weighted by atomic mass is 16.5. The number of nitrogens with zero attached hydrogens (tertiary/aromatic N) is 1. The first kappa shape index (κ1) is 14.0. The number of hydrogen-bond acceptors (Lipinski definition) is 4. The molecule has 1 fully saturated rings. The SMILES string of the molecule is COc1cccc(C(CC2NCCN2)c2ccccn2)c1. The lowest BCUT2D eigenvalue weighted by atomic mass is 9.90. The number of aromatic nitrogens is 1. The minimum atomic E-state index is 0.254. The largest absolute Gasteiger partial charge is 0.497 e. The fourth-order valence-corrected chi connectivity index (χ4v) is 2.84. The summed E-state index contributed by atoms with van der Waals surface area (Å²) in [6.45, 7) is 2.05. The molecule has 1 unspecified atom stereocenters. The van der Waals surface area contributed by atoms with E-state index < -0.39 is 0 Å². The predicted molar refractivity (Wildman–Crippen MR) is 83.5 cm³/mol. The molecule has 0 saturated carbocycles. The Kier molecular flexibility index (Phi) is 4.48. The Labute approximate surface area is 125 Å². The van der Waals surface area contributed by atoms with Crippen LogP contribution in [0.15, 0.2) is 48.7 Å². The Hall–Kier alpha value is -1.91. The summed E-state index contributed by atoms with van der Waals surface area (Å²) in [6, 6.07) is 14.4. The number of rotatable bonds is 5. The van der Waals surface area contributed by atoms with E-state index in [4.69, 9.17) is 4.74 Å². The molecule has 0 spiro atoms. The summed E-state index contributed by atoms with van der Waals surface area (Å²) >= 11 is 0. The predicted octanol–water partition coefficient (Wildman–Crippen LogP) is 2.13. The van der Waals surface area contributed by atoms with Crippen LogP contribution in [0.25, 0.3) is 0 Å². The maximum atomic E-state index is 5.36. The van der Waals surface area contributed by atoms with Crippen molar-refractivity contribution in [3.05, 3.63) is 59.9 Å². The second-order valence-electron chi connectivity index (χ2n) is 5.28. The van der Waals surface area contributed by atoms with Gasteiger partial charge in [0.05, 0.1) is 13.3 Å². The number of methoxy groups -OCH3 is 1. The van der Waals surface area contributed by atoms with Crippen LogP contribution in [0, 0.1) is 0 Å². The zero-order valence-electron chi connectivity index (χ0n) is 12.3. The van der Waals surface area contributed by atoms with Crippen molar-refractivity contribution >= 4 is 0 Å². The van der Waals surface area contributed by atoms with Crippen LogP contribution in [-0.2, 0) is 0 Å². The van der Waals surface area contributed by atoms with Gasteiger partial charge in [0.1, 0.15) is 5.75 Å². The van der Waals surface area contributed by atoms with Crippen molar-refractivity contribution in [2.75, 3.05) is 20.2 Å². The first-order valence-electron chi connectivity index (χ1n) is 7.38. The molecule has 0 aliphatic carbocycles. The molecule has 3 rings (SSSR count). The van der Waals surface area contributed by atoms with Crippen molar-refractivity contribution < 1.29 is 4.74 Å². The Morgan fingerprint density at radius 3 is 2.76 bits per heavy atom. The third-order valence-electron chi connectivity index (χ3n) is 3.92. The van der Waals surface area contributed by atoms with Crippen LogP contribution in [-0.4, -0.2) is 31.3 Å². The average Bonchev–Trinajstić information content (AvgIpc) is 3.07. The van der Waals surface area contributed by atoms with E-state index in [0.29, 0.717) is 6.17 Å². The molecule has 110 valence electrons. The normalized spacial score (nSPS) is 16.8. The number of nitrogens with one attached hydrogen (secondary N) is 2. The van der Waals surface area contributed by atoms with Crippen LogP contribution in [0.2, 0.25) is 0 Å². The smallest absolute Gasteiger partial charge is 0.119 e. The molecule has 21 heavy (non-hydrogen) atoms. The van der Waals surface area contributed by atoms with Gasteiger partial charge in [0.2, 0.25) is 0 Å². The van der Waals surface area contributed by atoms with Gasteiger partial charge in [0.25, 0.3) is 0 Å². The molecule has 0 amide bonds. The second kappa shape index (κ2) is 6.70. The molecule has 1 saturated heterocycles. The Morgan fingerprint density at radius 2 is 2.05 bits per heavy atom. The zero-order valence-corrected chi connectivity index (χ0v) is 12.3. The number of ether oxygens (including phenoxy) is 1. The molecule has 0 bridgehead atoms. The van der Waals surface area contributed by atoms with E-state index in [1.54, 1.807) is 7.11 Å². The summed E-state index contributed by atoms with van der Waals surface area (Å²) in [5.74, 6) is 1.14. The van der Waals surface area contributed by atoms with Gasteiger partial charge in [0.15, 0.2) is 0 Å². The highest BCUT2D eigenvalue weighted by Crippen LogP contribution is 2.30. The van der Waals surface area contributed by atoms with Crippen molar-refractivity contribution in [3.63, 3.8) is 0 Å². The van der Waals surface area contributed by atoms with Crippen LogP contribution in [0.5, 0.6) is 5.75 Å². The quantitative estimate of drug-likeness (QED) is 0.882. The maximum Gasteiger partial charge on any atom is 0.119 e. The van der Waals surface area contributed by atoms with E-state index in [1.807, 2.05) is 30.5 Å². The molecule has 2 aromatic rings. The lowest BCUT2D eigenvalue weighted by molar-refractivity contribution is 0.413. The van der Waals surface area contributed by atoms with Crippen LogP contribution >= 0.6 is 0 Å². The molecule has 4 heteroatoms. The van der Waals surface area contributed by atoms with Crippen LogP contribution in [0.1, 0.15) is 23.6 Å². The van der Waals surface area contributed by atoms with Crippen molar-refractivity contribution in [1.82, 2.24) is 15.6 Å². The number of benzene rings is 1. The summed E-state index contributed by atoms with van der Waals surface area (Å²) in [5.41, 5.74) is 2.34. The molecule has 1 aliphatic rings. The van der Waals surface area contributed by atoms with E-state index in [9.17, 15) is 0 Å². The van der Waals surface area contributed by atoms with E-state index in [0.717, 1.165) is 31.0 Å². The zero-order chi connectivity index (χ0) is 14.5. The Morgan fingerprint density at radius 1 is 1.19 bits per heavy atom. The first-order valence-corrected chi connectivity index (χ1v) is 7.38. The summed E-state index contributed by atoms with van der Waals surface area (Å²) in [7, 11) is 1.70. The lowest BCUT2D eigenvalue weighted by Crippen LogP contribution is -2.33. The summed E-state index contributed by atoms with van der Waals surface area (Å²) in [6.07, 6.45) is 3.17. The van der Waals surface area contributed by atoms with Crippen LogP contribution in [0.4, 0.5) is 0 Å². The summed E-state index contributed by atoms with van der Waals surface area (Å²) in [4.78, 5) is 4.56. The monoisotopic (exact) mass is 283 g/mol. The topological polar surface area (TPSA) is 46.2 Å². The molecule has 2 N–H and O–H groups in total. The molecule has 1 aromatic carbocycles. The summed E-state index contributed by atoms with van der Waals surface area (Å²) in [5, 5.41) is 6.97. The van der Waals surface area contributed by atoms with Crippen molar-refractivity contribution in [3.8, 4) is 5.75 Å². The highest BCUT2D eigenvalue weighted by molar-refractivity contribution is 5.35. The van der Waals surface area contributed by atoms with Gasteiger partial charge in [-0.2, -0.15) is 0 Å². The van der Waals surface area contributed by atoms with Crippen molar-refractivity contribution in [2.45, 2.75) is 18.5 Å². The number of hydrogen-bond donors (Lipinski definition) is 2. The third kappa shape index (κ3) is 3.40. The van der Waals surface area contributed by atoms with E-state index in [1.165, 1.54) is 5.56 Å². The Bertz CT molecular complexity index is 567. The standard InChI is InChI=1S/C17H21N3O/c1-21-14-6-4-5-13(11-14)15(12-17-19-9-10-20-17)16-7-2-3-8-18-16/h2-8,11,15,17,19-20H,9-10,12H2,1H3. The van der Waals surface area contributed by atoms with Gasteiger partial charge in [-0.25, -0.2) is 0 Å². The minimum Gasteiger partial charge on any atom is -0.497 e. The van der Waals surface area contributed by atoms with Crippen molar-refractivity contribution in [1.29, 1.82) is 0 Å². The number of pyridine rings is 1. The van der Waals surface area contributed by atoms with E-state index in [-0.39, 0.29) is 5.92 Å². The van der Waals surface area contributed by atoms with E-state index >= 15 is 0 Å². The van der Waals surface area contributed by atoms with Gasteiger partial charge in [-0.15, -0.1) is 0 Å². The van der Waals surface area contributed by atoms with Gasteiger partial charge in [-0.1, -0.05) is 18.2 Å². The van der Waals surface area contributed by atoms with Gasteiger partial charge in [-0.3, -0.25) is 4.98 Å². The molecule has 0 radical (unpaired) electrons. The molecule has 1 atom stereocenters. The second-order valence-corrected chi connectivity index (χ2v) is 5.28. The molecular formula is C17H21N3O. The highest BCUT2D eigenvalue weighted by Gasteiger charge is 2.23. The van der Waals surface area contributed by atoms with E-state index in [2.05, 4.69) is 33.8 Å². The summed E-state index contributed by atoms with van der Waals surface area (Å²) < 4.78 is 5.36. The van der Waals surface area contributed by atoms with Gasteiger partial charge < -0.3 is 15.4 Å². The van der Waals surface area contributed by atoms with Crippen LogP contribution in [0.3, 0.4) is 0 Å². The fourth-order valence-electron chi connectivity index (χ4n) is 2.84. The molecule has 4 nitrogen and oxygen atoms in total. The Balaban J connectivity index is 1.90. The molecule has 1 aliphatic heterocycles. The first-order chi connectivity index (χ1) is 10.4. The average molecular weight is 283 g/mol. The maximum absolute atomic E-state index is 5.36. The molecule has 1 aromatic heterocycles. The fraction of sp³-hybridized carbons (Fsp3) is 0.353. The van der Waals surface area contributed by atoms with Gasteiger partial charge in [-0.05, 0) is 36.2 Å².